The summed E-state index contributed by atoms with van der Waals surface area (Å²) in [6, 6.07) is 0. The molecule has 9 heavy (non-hydrogen) atoms. The fourth-order valence-electron chi connectivity index (χ4n) is 0.405. The lowest BCUT2D eigenvalue weighted by molar-refractivity contribution is -0.107. The minimum Gasteiger partial charge on any atom is -0.502 e. The van der Waals surface area contributed by atoms with Gasteiger partial charge >= 0.3 is 0 Å². The summed E-state index contributed by atoms with van der Waals surface area (Å²) in [5.74, 6) is 0. The first-order valence-electron chi connectivity index (χ1n) is 3.02. The van der Waals surface area contributed by atoms with Gasteiger partial charge in [0, 0.05) is 6.42 Å². The molecule has 0 saturated heterocycles. The Labute approximate surface area is 55.5 Å². The average molecular weight is 128 g/mol. The number of aldehydes is 1. The van der Waals surface area contributed by atoms with Crippen molar-refractivity contribution >= 4 is 6.29 Å². The second kappa shape index (κ2) is 5.35. The molecule has 0 atom stereocenters. The topological polar surface area (TPSA) is 26.3 Å². The monoisotopic (exact) mass is 128 g/mol. The minimum absolute atomic E-state index is 0.472. The Kier molecular flexibility index (Phi) is 4.88. The molecule has 0 aromatic rings. The quantitative estimate of drug-likeness (QED) is 0.424. The van der Waals surface area contributed by atoms with E-state index in [1.807, 2.05) is 13.8 Å². The summed E-state index contributed by atoms with van der Waals surface area (Å²) in [7, 11) is 0. The van der Waals surface area contributed by atoms with Crippen LogP contribution in [0.3, 0.4) is 0 Å². The van der Waals surface area contributed by atoms with Crippen LogP contribution in [0.5, 0.6) is 0 Å². The fourth-order valence-corrected chi connectivity index (χ4v) is 0.405. The Bertz CT molecular complexity index is 105. The predicted octanol–water partition coefficient (Wildman–Crippen LogP) is 1.52. The number of carbonyl (C=O) groups is 1. The summed E-state index contributed by atoms with van der Waals surface area (Å²) in [4.78, 5) is 9.88. The Hall–Kier alpha value is -0.790. The van der Waals surface area contributed by atoms with Gasteiger partial charge in [-0.3, -0.25) is 0 Å². The van der Waals surface area contributed by atoms with Crippen molar-refractivity contribution in [1.82, 2.24) is 0 Å². The van der Waals surface area contributed by atoms with Crippen molar-refractivity contribution in [2.75, 3.05) is 6.61 Å². The first kappa shape index (κ1) is 8.21. The molecule has 0 bridgehead atoms. The van der Waals surface area contributed by atoms with Gasteiger partial charge in [0.05, 0.1) is 12.9 Å². The number of hydrogen-bond donors (Lipinski definition) is 0. The molecule has 0 fully saturated rings. The zero-order valence-corrected chi connectivity index (χ0v) is 5.89. The van der Waals surface area contributed by atoms with E-state index in [1.165, 1.54) is 0 Å². The van der Waals surface area contributed by atoms with Crippen molar-refractivity contribution in [3.05, 3.63) is 11.8 Å². The zero-order chi connectivity index (χ0) is 7.11. The maximum atomic E-state index is 9.88. The molecule has 0 heterocycles. The molecule has 0 unspecified atom stereocenters. The minimum atomic E-state index is 0.472. The molecule has 0 aromatic carbocycles. The van der Waals surface area contributed by atoms with E-state index in [0.29, 0.717) is 13.0 Å². The van der Waals surface area contributed by atoms with Gasteiger partial charge in [0.25, 0.3) is 0 Å². The third-order valence-corrected chi connectivity index (χ3v) is 0.856. The highest BCUT2D eigenvalue weighted by molar-refractivity contribution is 5.53. The van der Waals surface area contributed by atoms with E-state index < -0.39 is 0 Å². The van der Waals surface area contributed by atoms with E-state index in [1.54, 1.807) is 6.26 Å². The van der Waals surface area contributed by atoms with Crippen LogP contribution in [-0.2, 0) is 9.53 Å². The van der Waals surface area contributed by atoms with Crippen molar-refractivity contribution in [3.8, 4) is 0 Å². The van der Waals surface area contributed by atoms with Gasteiger partial charge < -0.3 is 9.53 Å². The highest BCUT2D eigenvalue weighted by Crippen LogP contribution is 1.95. The van der Waals surface area contributed by atoms with Crippen LogP contribution < -0.4 is 0 Å². The van der Waals surface area contributed by atoms with Crippen LogP contribution >= 0.6 is 0 Å². The van der Waals surface area contributed by atoms with Crippen LogP contribution in [-0.4, -0.2) is 12.9 Å². The van der Waals surface area contributed by atoms with E-state index in [4.69, 9.17) is 4.74 Å². The normalized spacial score (nSPS) is 11.1. The van der Waals surface area contributed by atoms with Gasteiger partial charge in [-0.1, -0.05) is 0 Å². The largest absolute Gasteiger partial charge is 0.502 e. The van der Waals surface area contributed by atoms with E-state index in [9.17, 15) is 4.79 Å². The molecule has 0 aromatic heterocycles. The maximum Gasteiger partial charge on any atom is 0.124 e. The van der Waals surface area contributed by atoms with Crippen molar-refractivity contribution in [3.63, 3.8) is 0 Å². The lowest BCUT2D eigenvalue weighted by atomic mass is 10.3. The molecule has 0 aliphatic heterocycles. The lowest BCUT2D eigenvalue weighted by Crippen LogP contribution is -1.82. The molecule has 52 valence electrons. The standard InChI is InChI=1S/C7H12O2/c1-3-9-6-7(2)4-5-8/h5-6H,3-4H2,1-2H3. The average Bonchev–Trinajstić information content (AvgIpc) is 1.85. The Morgan fingerprint density at radius 1 is 1.67 bits per heavy atom. The van der Waals surface area contributed by atoms with Crippen molar-refractivity contribution in [1.29, 1.82) is 0 Å². The van der Waals surface area contributed by atoms with Gasteiger partial charge in [-0.2, -0.15) is 0 Å². The summed E-state index contributed by atoms with van der Waals surface area (Å²) >= 11 is 0. The molecule has 0 rings (SSSR count). The van der Waals surface area contributed by atoms with Gasteiger partial charge in [-0.15, -0.1) is 0 Å². The number of carbonyl (C=O) groups excluding carboxylic acids is 1. The number of hydrogen-bond acceptors (Lipinski definition) is 2. The molecule has 2 nitrogen and oxygen atoms in total. The predicted molar refractivity (Wildman–Crippen MR) is 36.1 cm³/mol. The third-order valence-electron chi connectivity index (χ3n) is 0.856. The second-order valence-corrected chi connectivity index (χ2v) is 1.79. The highest BCUT2D eigenvalue weighted by atomic mass is 16.5. The molecule has 0 radical (unpaired) electrons. The highest BCUT2D eigenvalue weighted by Gasteiger charge is 1.84. The lowest BCUT2D eigenvalue weighted by Gasteiger charge is -1.94. The number of rotatable bonds is 4. The summed E-state index contributed by atoms with van der Waals surface area (Å²) in [6.45, 7) is 4.44. The Morgan fingerprint density at radius 3 is 2.78 bits per heavy atom. The second-order valence-electron chi connectivity index (χ2n) is 1.79. The van der Waals surface area contributed by atoms with Crippen LogP contribution in [0.15, 0.2) is 11.8 Å². The summed E-state index contributed by atoms with van der Waals surface area (Å²) in [5.41, 5.74) is 0.965. The van der Waals surface area contributed by atoms with E-state index >= 15 is 0 Å². The van der Waals surface area contributed by atoms with Crippen molar-refractivity contribution in [2.24, 2.45) is 0 Å². The van der Waals surface area contributed by atoms with Gasteiger partial charge in [-0.25, -0.2) is 0 Å². The molecule has 0 spiro atoms. The smallest absolute Gasteiger partial charge is 0.124 e. The SMILES string of the molecule is CCOC=C(C)CC=O. The van der Waals surface area contributed by atoms with Crippen LogP contribution in [0.2, 0.25) is 0 Å². The van der Waals surface area contributed by atoms with Gasteiger partial charge in [-0.05, 0) is 19.4 Å². The fraction of sp³-hybridized carbons (Fsp3) is 0.571. The number of allylic oxidation sites excluding steroid dienone is 1. The van der Waals surface area contributed by atoms with Gasteiger partial charge in [0.2, 0.25) is 0 Å². The Morgan fingerprint density at radius 2 is 2.33 bits per heavy atom. The van der Waals surface area contributed by atoms with E-state index in [-0.39, 0.29) is 0 Å². The Balaban J connectivity index is 3.42. The molecule has 2 heteroatoms. The third kappa shape index (κ3) is 5.07. The van der Waals surface area contributed by atoms with Crippen LogP contribution in [0.1, 0.15) is 20.3 Å². The molecule has 0 amide bonds. The summed E-state index contributed by atoms with van der Waals surface area (Å²) < 4.78 is 4.93. The zero-order valence-electron chi connectivity index (χ0n) is 5.89. The first-order chi connectivity index (χ1) is 4.31. The summed E-state index contributed by atoms with van der Waals surface area (Å²) in [5, 5.41) is 0. The molecule has 0 N–H and O–H groups in total. The number of ether oxygens (including phenoxy) is 1. The maximum absolute atomic E-state index is 9.88. The molecular weight excluding hydrogens is 116 g/mol. The van der Waals surface area contributed by atoms with E-state index in [2.05, 4.69) is 0 Å². The van der Waals surface area contributed by atoms with Crippen LogP contribution in [0, 0.1) is 0 Å². The molecule has 0 aliphatic carbocycles. The molecule has 0 saturated carbocycles. The van der Waals surface area contributed by atoms with Crippen LogP contribution in [0.25, 0.3) is 0 Å². The first-order valence-corrected chi connectivity index (χ1v) is 3.02. The van der Waals surface area contributed by atoms with E-state index in [0.717, 1.165) is 11.9 Å². The van der Waals surface area contributed by atoms with Gasteiger partial charge in [0.15, 0.2) is 0 Å². The van der Waals surface area contributed by atoms with Crippen LogP contribution in [0.4, 0.5) is 0 Å². The molecule has 0 aliphatic rings. The summed E-state index contributed by atoms with van der Waals surface area (Å²) in [6.07, 6.45) is 2.96. The van der Waals surface area contributed by atoms with Crippen molar-refractivity contribution in [2.45, 2.75) is 20.3 Å². The van der Waals surface area contributed by atoms with Crippen molar-refractivity contribution < 1.29 is 9.53 Å². The van der Waals surface area contributed by atoms with Gasteiger partial charge in [0.1, 0.15) is 6.29 Å². The molecular formula is C7H12O2.